The van der Waals surface area contributed by atoms with Crippen LogP contribution in [0.4, 0.5) is 17.1 Å². The quantitative estimate of drug-likeness (QED) is 0.156. The molecule has 0 radical (unpaired) electrons. The smallest absolute Gasteiger partial charge is 0.0713 e. The van der Waals surface area contributed by atoms with Crippen LogP contribution in [0.25, 0.3) is 39.0 Å². The van der Waals surface area contributed by atoms with Gasteiger partial charge in [0.15, 0.2) is 0 Å². The second-order valence-electron chi connectivity index (χ2n) is 17.2. The molecule has 1 nitrogen and oxygen atoms in total. The maximum Gasteiger partial charge on any atom is 0.0713 e. The number of hydrogen-bond acceptors (Lipinski definition) is 1. The number of benzene rings is 8. The molecule has 8 aromatic carbocycles. The average Bonchev–Trinajstić information content (AvgIpc) is 3.74. The summed E-state index contributed by atoms with van der Waals surface area (Å²) in [7, 11) is 0. The first-order chi connectivity index (χ1) is 29.5. The normalized spacial score (nSPS) is 16.5. The molecular formula is C59H47N. The van der Waals surface area contributed by atoms with Crippen LogP contribution in [0.2, 0.25) is 0 Å². The Morgan fingerprint density at radius 3 is 1.75 bits per heavy atom. The molecule has 288 valence electrons. The van der Waals surface area contributed by atoms with Gasteiger partial charge in [-0.25, -0.2) is 0 Å². The van der Waals surface area contributed by atoms with E-state index in [1.807, 2.05) is 0 Å². The number of anilines is 3. The van der Waals surface area contributed by atoms with Crippen molar-refractivity contribution in [2.45, 2.75) is 38.0 Å². The Morgan fingerprint density at radius 1 is 0.467 bits per heavy atom. The molecule has 0 amide bonds. The lowest BCUT2D eigenvalue weighted by Gasteiger charge is -2.34. The Kier molecular flexibility index (Phi) is 8.50. The molecule has 0 saturated heterocycles. The third kappa shape index (κ3) is 5.39. The van der Waals surface area contributed by atoms with Crippen LogP contribution in [0, 0.1) is 5.92 Å². The van der Waals surface area contributed by atoms with Gasteiger partial charge in [-0.1, -0.05) is 203 Å². The van der Waals surface area contributed by atoms with Crippen LogP contribution in [-0.4, -0.2) is 0 Å². The van der Waals surface area contributed by atoms with E-state index in [1.165, 1.54) is 77.9 Å². The summed E-state index contributed by atoms with van der Waals surface area (Å²) < 4.78 is 0. The van der Waals surface area contributed by atoms with Gasteiger partial charge in [0.1, 0.15) is 0 Å². The van der Waals surface area contributed by atoms with Gasteiger partial charge in [0, 0.05) is 22.4 Å². The third-order valence-electron chi connectivity index (χ3n) is 13.6. The van der Waals surface area contributed by atoms with Crippen molar-refractivity contribution in [1.82, 2.24) is 0 Å². The molecule has 0 fully saturated rings. The van der Waals surface area contributed by atoms with Gasteiger partial charge < -0.3 is 4.90 Å². The van der Waals surface area contributed by atoms with Crippen molar-refractivity contribution >= 4 is 22.6 Å². The number of fused-ring (bicyclic) bond motifs is 5. The van der Waals surface area contributed by atoms with Gasteiger partial charge in [0.25, 0.3) is 0 Å². The molecule has 0 N–H and O–H groups in total. The molecule has 0 spiro atoms. The van der Waals surface area contributed by atoms with E-state index in [4.69, 9.17) is 0 Å². The number of allylic oxidation sites excluding steroid dienone is 4. The zero-order valence-electron chi connectivity index (χ0n) is 34.4. The SMILES string of the molecule is CC1CC=CC2=C1c1ccc(N(c3ccc(-c4ccccc4)cc3)c3ccccc3-c3cccc4c3-c3ccccc3C4(c3ccccc3)c3ccccc3)cc1C2(C)C. The van der Waals surface area contributed by atoms with E-state index in [0.717, 1.165) is 23.5 Å². The first-order valence-electron chi connectivity index (χ1n) is 21.4. The second kappa shape index (κ2) is 14.1. The number of rotatable bonds is 7. The lowest BCUT2D eigenvalue weighted by molar-refractivity contribution is 0.643. The van der Waals surface area contributed by atoms with Gasteiger partial charge >= 0.3 is 0 Å². The maximum atomic E-state index is 2.50. The minimum absolute atomic E-state index is 0.101. The molecule has 3 aliphatic carbocycles. The van der Waals surface area contributed by atoms with Gasteiger partial charge in [-0.15, -0.1) is 0 Å². The molecule has 0 aliphatic heterocycles. The largest absolute Gasteiger partial charge is 0.310 e. The van der Waals surface area contributed by atoms with Crippen molar-refractivity contribution in [3.63, 3.8) is 0 Å². The fourth-order valence-corrected chi connectivity index (χ4v) is 10.9. The summed E-state index contributed by atoms with van der Waals surface area (Å²) >= 11 is 0. The number of nitrogens with zero attached hydrogens (tertiary/aromatic N) is 1. The number of para-hydroxylation sites is 1. The van der Waals surface area contributed by atoms with Gasteiger partial charge in [-0.05, 0) is 115 Å². The summed E-state index contributed by atoms with van der Waals surface area (Å²) in [6.07, 6.45) is 5.85. The first kappa shape index (κ1) is 36.1. The highest BCUT2D eigenvalue weighted by Gasteiger charge is 2.47. The van der Waals surface area contributed by atoms with Crippen LogP contribution >= 0.6 is 0 Å². The van der Waals surface area contributed by atoms with E-state index in [9.17, 15) is 0 Å². The Balaban J connectivity index is 1.15. The lowest BCUT2D eigenvalue weighted by Crippen LogP contribution is -2.28. The zero-order chi connectivity index (χ0) is 40.4. The van der Waals surface area contributed by atoms with Gasteiger partial charge in [0.2, 0.25) is 0 Å². The summed E-state index contributed by atoms with van der Waals surface area (Å²) in [4.78, 5) is 2.50. The molecule has 0 heterocycles. The van der Waals surface area contributed by atoms with E-state index in [0.29, 0.717) is 5.92 Å². The molecule has 3 aliphatic rings. The molecule has 11 rings (SSSR count). The van der Waals surface area contributed by atoms with Crippen molar-refractivity contribution in [2.24, 2.45) is 5.92 Å². The standard InChI is InChI=1S/C59H47N/c1-40-19-17-30-52-56(40)50-38-37-46(39-54(50)58(52,2)3)60(45-35-33-42(34-36-45)41-20-7-4-8-21-41)55-32-16-14-26-47(55)48-28-18-31-53-57(48)49-27-13-15-29-51(49)59(53,43-22-9-5-10-23-43)44-24-11-6-12-25-44/h4-18,20-40H,19H2,1-3H3. The molecule has 1 heteroatoms. The predicted molar refractivity (Wildman–Crippen MR) is 252 cm³/mol. The molecule has 1 unspecified atom stereocenters. The van der Waals surface area contributed by atoms with E-state index >= 15 is 0 Å². The number of hydrogen-bond donors (Lipinski definition) is 0. The van der Waals surface area contributed by atoms with Crippen LogP contribution < -0.4 is 4.90 Å². The summed E-state index contributed by atoms with van der Waals surface area (Å²) in [5.41, 5.74) is 21.2. The lowest BCUT2D eigenvalue weighted by atomic mass is 9.67. The Morgan fingerprint density at radius 2 is 1.03 bits per heavy atom. The Bertz CT molecular complexity index is 2930. The summed E-state index contributed by atoms with van der Waals surface area (Å²) in [6.45, 7) is 7.20. The monoisotopic (exact) mass is 769 g/mol. The van der Waals surface area contributed by atoms with E-state index < -0.39 is 5.41 Å². The predicted octanol–water partition coefficient (Wildman–Crippen LogP) is 15.5. The fraction of sp³-hybridized carbons (Fsp3) is 0.119. The molecule has 0 aromatic heterocycles. The van der Waals surface area contributed by atoms with E-state index in [2.05, 4.69) is 238 Å². The van der Waals surface area contributed by atoms with Crippen LogP contribution in [-0.2, 0) is 10.8 Å². The van der Waals surface area contributed by atoms with Crippen molar-refractivity contribution in [2.75, 3.05) is 4.90 Å². The highest BCUT2D eigenvalue weighted by Crippen LogP contribution is 2.59. The zero-order valence-corrected chi connectivity index (χ0v) is 34.4. The van der Waals surface area contributed by atoms with Crippen LogP contribution in [0.15, 0.2) is 218 Å². The minimum atomic E-state index is -0.477. The minimum Gasteiger partial charge on any atom is -0.310 e. The van der Waals surface area contributed by atoms with E-state index in [-0.39, 0.29) is 5.41 Å². The van der Waals surface area contributed by atoms with Crippen molar-refractivity contribution < 1.29 is 0 Å². The summed E-state index contributed by atoms with van der Waals surface area (Å²) in [5, 5.41) is 0. The topological polar surface area (TPSA) is 3.24 Å². The summed E-state index contributed by atoms with van der Waals surface area (Å²) in [5.74, 6) is 0.501. The van der Waals surface area contributed by atoms with Gasteiger partial charge in [-0.3, -0.25) is 0 Å². The van der Waals surface area contributed by atoms with Gasteiger partial charge in [-0.2, -0.15) is 0 Å². The third-order valence-corrected chi connectivity index (χ3v) is 13.6. The molecule has 0 saturated carbocycles. The molecule has 60 heavy (non-hydrogen) atoms. The maximum absolute atomic E-state index is 2.50. The van der Waals surface area contributed by atoms with Crippen molar-refractivity contribution in [3.05, 3.63) is 251 Å². The Hall–Kier alpha value is -6.96. The van der Waals surface area contributed by atoms with Crippen molar-refractivity contribution in [3.8, 4) is 33.4 Å². The van der Waals surface area contributed by atoms with Crippen LogP contribution in [0.5, 0.6) is 0 Å². The fourth-order valence-electron chi connectivity index (χ4n) is 10.9. The highest BCUT2D eigenvalue weighted by molar-refractivity contribution is 6.00. The van der Waals surface area contributed by atoms with Gasteiger partial charge in [0.05, 0.1) is 11.1 Å². The molecule has 1 atom stereocenters. The van der Waals surface area contributed by atoms with Crippen LogP contribution in [0.1, 0.15) is 60.6 Å². The van der Waals surface area contributed by atoms with E-state index in [1.54, 1.807) is 0 Å². The molecule has 8 aromatic rings. The van der Waals surface area contributed by atoms with Crippen molar-refractivity contribution in [1.29, 1.82) is 0 Å². The second-order valence-corrected chi connectivity index (χ2v) is 17.2. The molecular weight excluding hydrogens is 723 g/mol. The Labute approximate surface area is 354 Å². The molecule has 0 bridgehead atoms. The first-order valence-corrected chi connectivity index (χ1v) is 21.4. The summed E-state index contributed by atoms with van der Waals surface area (Å²) in [6, 6.07) is 74.4. The average molecular weight is 770 g/mol. The van der Waals surface area contributed by atoms with Crippen LogP contribution in [0.3, 0.4) is 0 Å². The highest BCUT2D eigenvalue weighted by atomic mass is 15.1.